The number of carbonyl (C=O) groups is 3. The Bertz CT molecular complexity index is 856. The van der Waals surface area contributed by atoms with Crippen LogP contribution in [0, 0.1) is 11.6 Å². The third-order valence-electron chi connectivity index (χ3n) is 4.09. The molecule has 1 rings (SSSR count). The standard InChI is InChI=1S/C23H32F2I2N2O5/c1-22(2,3)33-18(30)13-17(21(32)34-23(4,5)6)28-20(31)14-11-15(24)19(16(25)12-14)29(9-7-26)10-8-27/h11-12,17H,7-10,13H2,1-6H3,(H,28,31). The van der Waals surface area contributed by atoms with Crippen molar-refractivity contribution in [2.75, 3.05) is 26.8 Å². The van der Waals surface area contributed by atoms with Crippen molar-refractivity contribution in [2.45, 2.75) is 65.2 Å². The number of alkyl halides is 2. The van der Waals surface area contributed by atoms with Crippen LogP contribution in [-0.2, 0) is 19.1 Å². The molecule has 0 bridgehead atoms. The molecule has 7 nitrogen and oxygen atoms in total. The molecule has 0 aliphatic rings. The summed E-state index contributed by atoms with van der Waals surface area (Å²) in [7, 11) is 0. The maximum absolute atomic E-state index is 14.9. The molecule has 1 N–H and O–H groups in total. The van der Waals surface area contributed by atoms with Gasteiger partial charge in [0.15, 0.2) is 0 Å². The molecule has 1 amide bonds. The molecule has 0 fully saturated rings. The molecule has 192 valence electrons. The van der Waals surface area contributed by atoms with E-state index in [0.29, 0.717) is 21.9 Å². The number of rotatable bonds is 10. The van der Waals surface area contributed by atoms with Crippen LogP contribution in [0.15, 0.2) is 12.1 Å². The van der Waals surface area contributed by atoms with Gasteiger partial charge in [-0.25, -0.2) is 13.6 Å². The molecule has 0 aliphatic heterocycles. The van der Waals surface area contributed by atoms with Gasteiger partial charge in [-0.1, -0.05) is 45.2 Å². The van der Waals surface area contributed by atoms with Crippen molar-refractivity contribution in [1.82, 2.24) is 5.32 Å². The summed E-state index contributed by atoms with van der Waals surface area (Å²) >= 11 is 4.24. The number of nitrogens with one attached hydrogen (secondary N) is 1. The Hall–Kier alpha value is -1.25. The SMILES string of the molecule is CC(C)(C)OC(=O)CC(NC(=O)c1cc(F)c(N(CCI)CCI)c(F)c1)C(=O)OC(C)(C)C. The summed E-state index contributed by atoms with van der Waals surface area (Å²) in [6.45, 7) is 10.8. The number of hydrogen-bond donors (Lipinski definition) is 1. The Balaban J connectivity index is 3.19. The average molecular weight is 708 g/mol. The van der Waals surface area contributed by atoms with Crippen LogP contribution >= 0.6 is 45.2 Å². The highest BCUT2D eigenvalue weighted by molar-refractivity contribution is 14.1. The average Bonchev–Trinajstić information content (AvgIpc) is 2.64. The van der Waals surface area contributed by atoms with Crippen molar-refractivity contribution in [3.05, 3.63) is 29.3 Å². The minimum atomic E-state index is -1.40. The van der Waals surface area contributed by atoms with Crippen LogP contribution in [0.5, 0.6) is 0 Å². The number of halogens is 4. The van der Waals surface area contributed by atoms with E-state index in [1.54, 1.807) is 46.4 Å². The smallest absolute Gasteiger partial charge is 0.329 e. The lowest BCUT2D eigenvalue weighted by molar-refractivity contribution is -0.164. The lowest BCUT2D eigenvalue weighted by Gasteiger charge is -2.26. The molecular weight excluding hydrogens is 676 g/mol. The largest absolute Gasteiger partial charge is 0.460 e. The number of amides is 1. The van der Waals surface area contributed by atoms with E-state index in [0.717, 1.165) is 12.1 Å². The molecule has 1 unspecified atom stereocenters. The molecule has 0 aromatic heterocycles. The first-order valence-electron chi connectivity index (χ1n) is 10.7. The van der Waals surface area contributed by atoms with E-state index in [2.05, 4.69) is 50.5 Å². The van der Waals surface area contributed by atoms with Crippen molar-refractivity contribution in [3.8, 4) is 0 Å². The van der Waals surface area contributed by atoms with Crippen LogP contribution in [0.3, 0.4) is 0 Å². The van der Waals surface area contributed by atoms with Gasteiger partial charge in [0.25, 0.3) is 5.91 Å². The normalized spacial score (nSPS) is 12.6. The fourth-order valence-corrected chi connectivity index (χ4v) is 4.06. The molecule has 0 spiro atoms. The Morgan fingerprint density at radius 2 is 1.41 bits per heavy atom. The summed E-state index contributed by atoms with van der Waals surface area (Å²) in [6.07, 6.45) is -0.500. The topological polar surface area (TPSA) is 84.9 Å². The van der Waals surface area contributed by atoms with Crippen LogP contribution in [-0.4, -0.2) is 57.0 Å². The predicted octanol–water partition coefficient (Wildman–Crippen LogP) is 4.81. The highest BCUT2D eigenvalue weighted by Gasteiger charge is 2.31. The van der Waals surface area contributed by atoms with Crippen molar-refractivity contribution in [1.29, 1.82) is 0 Å². The van der Waals surface area contributed by atoms with E-state index >= 15 is 0 Å². The van der Waals surface area contributed by atoms with Gasteiger partial charge >= 0.3 is 11.9 Å². The lowest BCUT2D eigenvalue weighted by Crippen LogP contribution is -2.46. The minimum absolute atomic E-state index is 0.206. The zero-order valence-electron chi connectivity index (χ0n) is 20.3. The van der Waals surface area contributed by atoms with E-state index < -0.39 is 53.1 Å². The third-order valence-corrected chi connectivity index (χ3v) is 5.06. The van der Waals surface area contributed by atoms with Gasteiger partial charge in [0.05, 0.1) is 6.42 Å². The van der Waals surface area contributed by atoms with Gasteiger partial charge in [0.1, 0.15) is 34.6 Å². The number of esters is 2. The van der Waals surface area contributed by atoms with E-state index in [-0.39, 0.29) is 11.3 Å². The van der Waals surface area contributed by atoms with E-state index in [4.69, 9.17) is 9.47 Å². The minimum Gasteiger partial charge on any atom is -0.460 e. The molecule has 1 aromatic rings. The Labute approximate surface area is 227 Å². The number of benzene rings is 1. The molecule has 34 heavy (non-hydrogen) atoms. The number of hydrogen-bond acceptors (Lipinski definition) is 6. The Kier molecular flexibility index (Phi) is 11.9. The van der Waals surface area contributed by atoms with E-state index in [9.17, 15) is 23.2 Å². The van der Waals surface area contributed by atoms with Gasteiger partial charge in [-0.2, -0.15) is 0 Å². The second-order valence-corrected chi connectivity index (χ2v) is 11.7. The summed E-state index contributed by atoms with van der Waals surface area (Å²) in [6, 6.07) is 0.434. The molecule has 0 saturated heterocycles. The first-order valence-corrected chi connectivity index (χ1v) is 13.7. The second-order valence-electron chi connectivity index (χ2n) is 9.50. The van der Waals surface area contributed by atoms with Crippen molar-refractivity contribution in [3.63, 3.8) is 0 Å². The zero-order valence-corrected chi connectivity index (χ0v) is 24.6. The monoisotopic (exact) mass is 708 g/mol. The van der Waals surface area contributed by atoms with Crippen molar-refractivity contribution in [2.24, 2.45) is 0 Å². The van der Waals surface area contributed by atoms with Gasteiger partial charge in [0, 0.05) is 27.5 Å². The summed E-state index contributed by atoms with van der Waals surface area (Å²) < 4.78 is 41.6. The van der Waals surface area contributed by atoms with Gasteiger partial charge in [-0.15, -0.1) is 0 Å². The molecule has 0 heterocycles. The fourth-order valence-electron chi connectivity index (χ4n) is 2.90. The molecule has 1 atom stereocenters. The first kappa shape index (κ1) is 30.8. The van der Waals surface area contributed by atoms with Gasteiger partial charge in [-0.05, 0) is 53.7 Å². The Morgan fingerprint density at radius 1 is 0.941 bits per heavy atom. The van der Waals surface area contributed by atoms with Crippen LogP contribution in [0.2, 0.25) is 0 Å². The third kappa shape index (κ3) is 10.6. The van der Waals surface area contributed by atoms with Gasteiger partial charge in [-0.3, -0.25) is 9.59 Å². The van der Waals surface area contributed by atoms with Crippen LogP contribution in [0.25, 0.3) is 0 Å². The molecule has 1 aromatic carbocycles. The van der Waals surface area contributed by atoms with Gasteiger partial charge in [0.2, 0.25) is 0 Å². The fraction of sp³-hybridized carbons (Fsp3) is 0.609. The Morgan fingerprint density at radius 3 is 1.82 bits per heavy atom. The number of anilines is 1. The van der Waals surface area contributed by atoms with Gasteiger partial charge < -0.3 is 19.7 Å². The maximum Gasteiger partial charge on any atom is 0.329 e. The summed E-state index contributed by atoms with van der Waals surface area (Å²) in [5, 5.41) is 2.36. The molecule has 11 heteroatoms. The molecule has 0 saturated carbocycles. The van der Waals surface area contributed by atoms with Crippen LogP contribution in [0.4, 0.5) is 14.5 Å². The zero-order chi connectivity index (χ0) is 26.3. The van der Waals surface area contributed by atoms with E-state index in [1.165, 1.54) is 0 Å². The second kappa shape index (κ2) is 13.2. The van der Waals surface area contributed by atoms with Crippen molar-refractivity contribution < 1.29 is 32.6 Å². The first-order chi connectivity index (χ1) is 15.6. The molecule has 0 aliphatic carbocycles. The van der Waals surface area contributed by atoms with Crippen LogP contribution < -0.4 is 10.2 Å². The predicted molar refractivity (Wildman–Crippen MR) is 144 cm³/mol. The number of ether oxygens (including phenoxy) is 2. The lowest BCUT2D eigenvalue weighted by atomic mass is 10.1. The molecule has 0 radical (unpaired) electrons. The summed E-state index contributed by atoms with van der Waals surface area (Å²) in [5.41, 5.74) is -2.21. The number of nitrogens with zero attached hydrogens (tertiary/aromatic N) is 1. The van der Waals surface area contributed by atoms with E-state index in [1.807, 2.05) is 0 Å². The summed E-state index contributed by atoms with van der Waals surface area (Å²) in [4.78, 5) is 39.3. The quantitative estimate of drug-likeness (QED) is 0.214. The maximum atomic E-state index is 14.9. The molecular formula is C23H32F2I2N2O5. The summed E-state index contributed by atoms with van der Waals surface area (Å²) in [5.74, 6) is -4.29. The number of carbonyl (C=O) groups excluding carboxylic acids is 3. The highest BCUT2D eigenvalue weighted by Crippen LogP contribution is 2.26. The highest BCUT2D eigenvalue weighted by atomic mass is 127. The van der Waals surface area contributed by atoms with Crippen LogP contribution in [0.1, 0.15) is 58.3 Å². The van der Waals surface area contributed by atoms with Crippen molar-refractivity contribution >= 4 is 68.7 Å².